The zero-order valence-corrected chi connectivity index (χ0v) is 14.3. The molecule has 128 valence electrons. The molecule has 0 spiro atoms. The van der Waals surface area contributed by atoms with Crippen molar-refractivity contribution in [3.63, 3.8) is 0 Å². The van der Waals surface area contributed by atoms with Gasteiger partial charge in [-0.25, -0.2) is 4.79 Å². The minimum atomic E-state index is -0.130. The van der Waals surface area contributed by atoms with Crippen LogP contribution in [0.4, 0.5) is 10.6 Å². The average molecular weight is 329 g/mol. The van der Waals surface area contributed by atoms with E-state index in [1.54, 1.807) is 11.7 Å². The Kier molecular flexibility index (Phi) is 4.69. The number of amides is 2. The molecule has 1 unspecified atom stereocenters. The monoisotopic (exact) mass is 329 g/mol. The summed E-state index contributed by atoms with van der Waals surface area (Å²) >= 11 is 0. The fraction of sp³-hybridized carbons (Fsp3) is 0.471. The van der Waals surface area contributed by atoms with E-state index in [4.69, 9.17) is 4.74 Å². The lowest BCUT2D eigenvalue weighted by molar-refractivity contribution is 0.207. The fourth-order valence-electron chi connectivity index (χ4n) is 3.00. The van der Waals surface area contributed by atoms with Gasteiger partial charge in [0.1, 0.15) is 5.75 Å². The molecule has 7 heteroatoms. The number of nitrogens with one attached hydrogen (secondary N) is 1. The first-order valence-electron chi connectivity index (χ1n) is 8.26. The molecule has 2 amide bonds. The minimum absolute atomic E-state index is 0.0812. The molecule has 0 aliphatic carbocycles. The Labute approximate surface area is 141 Å². The summed E-state index contributed by atoms with van der Waals surface area (Å²) in [6, 6.07) is 7.94. The zero-order chi connectivity index (χ0) is 17.1. The summed E-state index contributed by atoms with van der Waals surface area (Å²) in [7, 11) is 1.80. The molecule has 2 aromatic rings. The highest BCUT2D eigenvalue weighted by Gasteiger charge is 2.30. The van der Waals surface area contributed by atoms with Crippen molar-refractivity contribution in [3.05, 3.63) is 35.5 Å². The molecule has 1 aromatic carbocycles. The normalized spacial score (nSPS) is 17.1. The van der Waals surface area contributed by atoms with Gasteiger partial charge in [-0.1, -0.05) is 17.3 Å². The average Bonchev–Trinajstić information content (AvgIpc) is 3.18. The third-order valence-corrected chi connectivity index (χ3v) is 4.42. The smallest absolute Gasteiger partial charge is 0.323 e. The van der Waals surface area contributed by atoms with Gasteiger partial charge < -0.3 is 9.64 Å². The van der Waals surface area contributed by atoms with E-state index in [2.05, 4.69) is 15.6 Å². The van der Waals surface area contributed by atoms with E-state index in [1.165, 1.54) is 0 Å². The maximum Gasteiger partial charge on any atom is 0.323 e. The highest BCUT2D eigenvalue weighted by atomic mass is 16.5. The summed E-state index contributed by atoms with van der Waals surface area (Å²) < 4.78 is 7.12. The van der Waals surface area contributed by atoms with E-state index < -0.39 is 0 Å². The van der Waals surface area contributed by atoms with E-state index in [0.29, 0.717) is 12.4 Å². The maximum absolute atomic E-state index is 12.6. The van der Waals surface area contributed by atoms with Crippen molar-refractivity contribution in [2.75, 3.05) is 18.5 Å². The standard InChI is InChI=1S/C17H23N5O2/c1-4-24-14-9-7-13(8-10-14)15-6-5-11-22(15)17(23)18-16-12(2)21(3)20-19-16/h7-10,15H,4-6,11H2,1-3H3,(H,18,23). The Morgan fingerprint density at radius 3 is 2.75 bits per heavy atom. The minimum Gasteiger partial charge on any atom is -0.494 e. The number of hydrogen-bond acceptors (Lipinski definition) is 4. The number of likely N-dealkylation sites (tertiary alicyclic amines) is 1. The van der Waals surface area contributed by atoms with Crippen LogP contribution in [0.25, 0.3) is 0 Å². The molecule has 1 fully saturated rings. The first kappa shape index (κ1) is 16.3. The Bertz CT molecular complexity index is 710. The first-order chi connectivity index (χ1) is 11.6. The quantitative estimate of drug-likeness (QED) is 0.936. The molecular formula is C17H23N5O2. The van der Waals surface area contributed by atoms with Gasteiger partial charge in [-0.3, -0.25) is 10.00 Å². The number of rotatable bonds is 4. The van der Waals surface area contributed by atoms with Gasteiger partial charge in [0, 0.05) is 13.6 Å². The number of anilines is 1. The number of urea groups is 1. The van der Waals surface area contributed by atoms with Crippen LogP contribution >= 0.6 is 0 Å². The fourth-order valence-corrected chi connectivity index (χ4v) is 3.00. The maximum atomic E-state index is 12.6. The topological polar surface area (TPSA) is 72.3 Å². The van der Waals surface area contributed by atoms with Crippen LogP contribution in [-0.2, 0) is 7.05 Å². The highest BCUT2D eigenvalue weighted by Crippen LogP contribution is 2.33. The Balaban J connectivity index is 1.72. The van der Waals surface area contributed by atoms with Gasteiger partial charge in [-0.15, -0.1) is 5.10 Å². The van der Waals surface area contributed by atoms with E-state index in [0.717, 1.165) is 36.4 Å². The Hall–Kier alpha value is -2.57. The predicted molar refractivity (Wildman–Crippen MR) is 91.1 cm³/mol. The van der Waals surface area contributed by atoms with Gasteiger partial charge in [-0.2, -0.15) is 0 Å². The number of carbonyl (C=O) groups excluding carboxylic acids is 1. The second-order valence-corrected chi connectivity index (χ2v) is 5.93. The number of ether oxygens (including phenoxy) is 1. The predicted octanol–water partition coefficient (Wildman–Crippen LogP) is 2.89. The molecule has 1 aromatic heterocycles. The Morgan fingerprint density at radius 1 is 1.38 bits per heavy atom. The summed E-state index contributed by atoms with van der Waals surface area (Å²) in [6.45, 7) is 5.23. The number of carbonyl (C=O) groups is 1. The Morgan fingerprint density at radius 2 is 2.12 bits per heavy atom. The third kappa shape index (κ3) is 3.20. The SMILES string of the molecule is CCOc1ccc(C2CCCN2C(=O)Nc2nnn(C)c2C)cc1. The lowest BCUT2D eigenvalue weighted by atomic mass is 10.0. The number of hydrogen-bond donors (Lipinski definition) is 1. The van der Waals surface area contributed by atoms with Gasteiger partial charge in [0.2, 0.25) is 0 Å². The second-order valence-electron chi connectivity index (χ2n) is 5.93. The molecular weight excluding hydrogens is 306 g/mol. The van der Waals surface area contributed by atoms with E-state index in [9.17, 15) is 4.79 Å². The first-order valence-corrected chi connectivity index (χ1v) is 8.26. The van der Waals surface area contributed by atoms with Gasteiger partial charge in [-0.05, 0) is 44.4 Å². The summed E-state index contributed by atoms with van der Waals surface area (Å²) in [5.41, 5.74) is 1.96. The summed E-state index contributed by atoms with van der Waals surface area (Å²) in [4.78, 5) is 14.5. The number of aryl methyl sites for hydroxylation is 1. The lowest BCUT2D eigenvalue weighted by Gasteiger charge is -2.25. The number of benzene rings is 1. The molecule has 1 atom stereocenters. The molecule has 1 N–H and O–H groups in total. The van der Waals surface area contributed by atoms with Crippen LogP contribution in [0.15, 0.2) is 24.3 Å². The second kappa shape index (κ2) is 6.90. The largest absolute Gasteiger partial charge is 0.494 e. The van der Waals surface area contributed by atoms with Crippen LogP contribution in [0.1, 0.15) is 37.1 Å². The summed E-state index contributed by atoms with van der Waals surface area (Å²) in [6.07, 6.45) is 1.95. The van der Waals surface area contributed by atoms with Crippen molar-refractivity contribution < 1.29 is 9.53 Å². The molecule has 2 heterocycles. The molecule has 24 heavy (non-hydrogen) atoms. The van der Waals surface area contributed by atoms with Crippen LogP contribution < -0.4 is 10.1 Å². The summed E-state index contributed by atoms with van der Waals surface area (Å²) in [5.74, 6) is 1.37. The van der Waals surface area contributed by atoms with Gasteiger partial charge in [0.25, 0.3) is 0 Å². The van der Waals surface area contributed by atoms with Crippen molar-refractivity contribution >= 4 is 11.8 Å². The van der Waals surface area contributed by atoms with E-state index in [1.807, 2.05) is 43.0 Å². The molecule has 3 rings (SSSR count). The van der Waals surface area contributed by atoms with Crippen LogP contribution in [0.5, 0.6) is 5.75 Å². The number of aromatic nitrogens is 3. The van der Waals surface area contributed by atoms with Crippen molar-refractivity contribution in [3.8, 4) is 5.75 Å². The van der Waals surface area contributed by atoms with Crippen molar-refractivity contribution in [1.29, 1.82) is 0 Å². The van der Waals surface area contributed by atoms with Gasteiger partial charge in [0.05, 0.1) is 18.3 Å². The van der Waals surface area contributed by atoms with E-state index >= 15 is 0 Å². The molecule has 7 nitrogen and oxygen atoms in total. The van der Waals surface area contributed by atoms with Crippen LogP contribution in [0.2, 0.25) is 0 Å². The van der Waals surface area contributed by atoms with Gasteiger partial charge in [0.15, 0.2) is 5.82 Å². The van der Waals surface area contributed by atoms with Crippen molar-refractivity contribution in [2.45, 2.75) is 32.7 Å². The van der Waals surface area contributed by atoms with Crippen molar-refractivity contribution in [2.24, 2.45) is 7.05 Å². The molecule has 1 aliphatic rings. The highest BCUT2D eigenvalue weighted by molar-refractivity contribution is 5.89. The molecule has 1 saturated heterocycles. The molecule has 0 saturated carbocycles. The van der Waals surface area contributed by atoms with Crippen LogP contribution in [0, 0.1) is 6.92 Å². The van der Waals surface area contributed by atoms with Gasteiger partial charge >= 0.3 is 6.03 Å². The summed E-state index contributed by atoms with van der Waals surface area (Å²) in [5, 5.41) is 10.8. The number of nitrogens with zero attached hydrogens (tertiary/aromatic N) is 4. The van der Waals surface area contributed by atoms with Crippen LogP contribution in [-0.4, -0.2) is 39.1 Å². The van der Waals surface area contributed by atoms with Crippen molar-refractivity contribution in [1.82, 2.24) is 19.9 Å². The molecule has 0 radical (unpaired) electrons. The molecule has 0 bridgehead atoms. The third-order valence-electron chi connectivity index (χ3n) is 4.42. The van der Waals surface area contributed by atoms with E-state index in [-0.39, 0.29) is 12.1 Å². The van der Waals surface area contributed by atoms with Crippen LogP contribution in [0.3, 0.4) is 0 Å². The lowest BCUT2D eigenvalue weighted by Crippen LogP contribution is -2.34. The molecule has 1 aliphatic heterocycles. The zero-order valence-electron chi connectivity index (χ0n) is 14.3.